The molecule has 0 amide bonds. The molecule has 0 aliphatic carbocycles. The Hall–Kier alpha value is -3.85. The van der Waals surface area contributed by atoms with Crippen molar-refractivity contribution < 1.29 is 9.66 Å². The molecule has 0 aliphatic heterocycles. The van der Waals surface area contributed by atoms with Crippen LogP contribution in [0.1, 0.15) is 16.4 Å². The van der Waals surface area contributed by atoms with Crippen molar-refractivity contribution in [1.29, 1.82) is 0 Å². The number of hydrogen-bond acceptors (Lipinski definition) is 7. The van der Waals surface area contributed by atoms with Gasteiger partial charge in [0.2, 0.25) is 4.96 Å². The Morgan fingerprint density at radius 3 is 2.60 bits per heavy atom. The minimum Gasteiger partial charge on any atom is -0.486 e. The van der Waals surface area contributed by atoms with Gasteiger partial charge in [-0.15, -0.1) is 10.2 Å². The maximum Gasteiger partial charge on any atom is 0.269 e. The Bertz CT molecular complexity index is 1360. The molecule has 5 rings (SSSR count). The molecule has 0 saturated heterocycles. The predicted molar refractivity (Wildman–Crippen MR) is 113 cm³/mol. The first-order valence-electron chi connectivity index (χ1n) is 9.21. The molecule has 3 aromatic carbocycles. The summed E-state index contributed by atoms with van der Waals surface area (Å²) in [6, 6.07) is 20.6. The molecule has 5 aromatic rings. The van der Waals surface area contributed by atoms with Gasteiger partial charge in [0.05, 0.1) is 4.92 Å². The van der Waals surface area contributed by atoms with Crippen LogP contribution >= 0.6 is 11.3 Å². The molecule has 0 unspecified atom stereocenters. The monoisotopic (exact) mass is 417 g/mol. The Labute approximate surface area is 174 Å². The second-order valence-corrected chi connectivity index (χ2v) is 7.74. The van der Waals surface area contributed by atoms with Crippen LogP contribution in [0.15, 0.2) is 66.7 Å². The SMILES string of the molecule is O=[N+]([O-])c1ccc(OCc2nn3c(Cc4ccc5ccccc5c4)nnc3s2)cc1. The lowest BCUT2D eigenvalue weighted by Crippen LogP contribution is -2.00. The summed E-state index contributed by atoms with van der Waals surface area (Å²) in [7, 11) is 0. The number of nitrogens with zero attached hydrogens (tertiary/aromatic N) is 5. The maximum atomic E-state index is 10.7. The highest BCUT2D eigenvalue weighted by atomic mass is 32.1. The molecule has 30 heavy (non-hydrogen) atoms. The minimum absolute atomic E-state index is 0.0273. The first-order valence-corrected chi connectivity index (χ1v) is 10.0. The second kappa shape index (κ2) is 7.53. The molecule has 2 aromatic heterocycles. The van der Waals surface area contributed by atoms with Gasteiger partial charge in [0.1, 0.15) is 12.4 Å². The molecule has 0 fully saturated rings. The number of ether oxygens (including phenoxy) is 1. The topological polar surface area (TPSA) is 95.5 Å². The second-order valence-electron chi connectivity index (χ2n) is 6.70. The summed E-state index contributed by atoms with van der Waals surface area (Å²) in [5.74, 6) is 1.31. The van der Waals surface area contributed by atoms with Crippen molar-refractivity contribution in [3.63, 3.8) is 0 Å². The molecule has 2 heterocycles. The Balaban J connectivity index is 1.32. The van der Waals surface area contributed by atoms with E-state index in [4.69, 9.17) is 4.74 Å². The van der Waals surface area contributed by atoms with E-state index in [1.54, 1.807) is 16.6 Å². The first-order chi connectivity index (χ1) is 14.7. The first kappa shape index (κ1) is 18.2. The zero-order valence-electron chi connectivity index (χ0n) is 15.6. The van der Waals surface area contributed by atoms with Crippen LogP contribution in [0.4, 0.5) is 5.69 Å². The highest BCUT2D eigenvalue weighted by Crippen LogP contribution is 2.22. The van der Waals surface area contributed by atoms with Gasteiger partial charge in [-0.1, -0.05) is 53.8 Å². The summed E-state index contributed by atoms with van der Waals surface area (Å²) < 4.78 is 7.44. The van der Waals surface area contributed by atoms with E-state index in [9.17, 15) is 10.1 Å². The number of hydrogen-bond donors (Lipinski definition) is 0. The van der Waals surface area contributed by atoms with E-state index in [-0.39, 0.29) is 12.3 Å². The van der Waals surface area contributed by atoms with Crippen molar-refractivity contribution >= 4 is 32.8 Å². The van der Waals surface area contributed by atoms with Crippen molar-refractivity contribution in [3.8, 4) is 5.75 Å². The summed E-state index contributed by atoms with van der Waals surface area (Å²) in [4.78, 5) is 11.0. The molecule has 0 atom stereocenters. The van der Waals surface area contributed by atoms with Gasteiger partial charge < -0.3 is 4.74 Å². The van der Waals surface area contributed by atoms with Gasteiger partial charge in [-0.3, -0.25) is 10.1 Å². The third kappa shape index (κ3) is 3.58. The Morgan fingerprint density at radius 1 is 1.00 bits per heavy atom. The van der Waals surface area contributed by atoms with Gasteiger partial charge in [-0.05, 0) is 28.5 Å². The van der Waals surface area contributed by atoms with E-state index >= 15 is 0 Å². The number of nitro groups is 1. The third-order valence-corrected chi connectivity index (χ3v) is 5.56. The zero-order chi connectivity index (χ0) is 20.5. The van der Waals surface area contributed by atoms with Gasteiger partial charge in [0.15, 0.2) is 10.8 Å². The molecule has 0 radical (unpaired) electrons. The molecule has 148 valence electrons. The van der Waals surface area contributed by atoms with Crippen molar-refractivity contribution in [1.82, 2.24) is 19.8 Å². The van der Waals surface area contributed by atoms with Gasteiger partial charge in [-0.25, -0.2) is 0 Å². The Kier molecular flexibility index (Phi) is 4.56. The lowest BCUT2D eigenvalue weighted by Gasteiger charge is -2.03. The summed E-state index contributed by atoms with van der Waals surface area (Å²) in [6.07, 6.45) is 0.623. The fraction of sp³-hybridized carbons (Fsp3) is 0.0952. The summed E-state index contributed by atoms with van der Waals surface area (Å²) in [5.41, 5.74) is 1.17. The summed E-state index contributed by atoms with van der Waals surface area (Å²) in [5, 5.41) is 26.9. The van der Waals surface area contributed by atoms with Crippen LogP contribution in [-0.4, -0.2) is 24.7 Å². The number of fused-ring (bicyclic) bond motifs is 2. The molecule has 8 nitrogen and oxygen atoms in total. The van der Waals surface area contributed by atoms with Crippen molar-refractivity contribution in [2.45, 2.75) is 13.0 Å². The minimum atomic E-state index is -0.441. The molecule has 0 aliphatic rings. The Morgan fingerprint density at radius 2 is 1.80 bits per heavy atom. The van der Waals surface area contributed by atoms with E-state index in [0.717, 1.165) is 16.4 Å². The average molecular weight is 417 g/mol. The fourth-order valence-corrected chi connectivity index (χ4v) is 3.97. The lowest BCUT2D eigenvalue weighted by molar-refractivity contribution is -0.384. The van der Waals surface area contributed by atoms with Gasteiger partial charge >= 0.3 is 0 Å². The van der Waals surface area contributed by atoms with E-state index in [2.05, 4.69) is 45.6 Å². The zero-order valence-corrected chi connectivity index (χ0v) is 16.5. The van der Waals surface area contributed by atoms with Crippen LogP contribution in [-0.2, 0) is 13.0 Å². The largest absolute Gasteiger partial charge is 0.486 e. The maximum absolute atomic E-state index is 10.7. The lowest BCUT2D eigenvalue weighted by atomic mass is 10.1. The number of rotatable bonds is 6. The van der Waals surface area contributed by atoms with Crippen LogP contribution in [0.5, 0.6) is 5.75 Å². The quantitative estimate of drug-likeness (QED) is 0.300. The highest BCUT2D eigenvalue weighted by Gasteiger charge is 2.13. The summed E-state index contributed by atoms with van der Waals surface area (Å²) in [6.45, 7) is 0.251. The molecule has 9 heteroatoms. The van der Waals surface area contributed by atoms with Crippen LogP contribution in [0.2, 0.25) is 0 Å². The molecular weight excluding hydrogens is 402 g/mol. The van der Waals surface area contributed by atoms with Crippen LogP contribution in [0.25, 0.3) is 15.7 Å². The van der Waals surface area contributed by atoms with Crippen LogP contribution in [0.3, 0.4) is 0 Å². The molecule has 0 saturated carbocycles. The summed E-state index contributed by atoms with van der Waals surface area (Å²) >= 11 is 1.40. The number of aromatic nitrogens is 4. The van der Waals surface area contributed by atoms with E-state index in [1.807, 2.05) is 12.1 Å². The van der Waals surface area contributed by atoms with Gasteiger partial charge in [0.25, 0.3) is 5.69 Å². The van der Waals surface area contributed by atoms with Crippen molar-refractivity contribution in [3.05, 3.63) is 93.2 Å². The van der Waals surface area contributed by atoms with Crippen molar-refractivity contribution in [2.75, 3.05) is 0 Å². The van der Waals surface area contributed by atoms with Crippen molar-refractivity contribution in [2.24, 2.45) is 0 Å². The average Bonchev–Trinajstić information content (AvgIpc) is 3.34. The van der Waals surface area contributed by atoms with Gasteiger partial charge in [0, 0.05) is 18.6 Å². The van der Waals surface area contributed by atoms with Crippen LogP contribution < -0.4 is 4.74 Å². The molecule has 0 bridgehead atoms. The number of nitro benzene ring substituents is 1. The van der Waals surface area contributed by atoms with E-state index in [0.29, 0.717) is 17.1 Å². The predicted octanol–water partition coefficient (Wildman–Crippen LogP) is 4.42. The normalized spacial score (nSPS) is 11.2. The fourth-order valence-electron chi connectivity index (χ4n) is 3.21. The number of benzene rings is 3. The smallest absolute Gasteiger partial charge is 0.269 e. The van der Waals surface area contributed by atoms with Gasteiger partial charge in [-0.2, -0.15) is 9.61 Å². The van der Waals surface area contributed by atoms with Crippen LogP contribution in [0, 0.1) is 10.1 Å². The molecule has 0 N–H and O–H groups in total. The third-order valence-electron chi connectivity index (χ3n) is 4.68. The molecular formula is C21H15N5O3S. The highest BCUT2D eigenvalue weighted by molar-refractivity contribution is 7.16. The number of non-ortho nitro benzene ring substituents is 1. The standard InChI is InChI=1S/C21H15N5O3S/c27-26(28)17-7-9-18(10-8-17)29-13-20-24-25-19(22-23-21(25)30-20)12-14-5-6-15-3-1-2-4-16(15)11-14/h1-11H,12-13H2. The van der Waals surface area contributed by atoms with E-state index < -0.39 is 4.92 Å². The van der Waals surface area contributed by atoms with E-state index in [1.165, 1.54) is 34.2 Å². The molecule has 0 spiro atoms.